The molecule has 3 saturated carbocycles. The summed E-state index contributed by atoms with van der Waals surface area (Å²) in [6, 6.07) is 6.71. The van der Waals surface area contributed by atoms with Gasteiger partial charge in [-0.3, -0.25) is 4.79 Å². The monoisotopic (exact) mass is 370 g/mol. The fourth-order valence-electron chi connectivity index (χ4n) is 5.77. The van der Waals surface area contributed by atoms with Gasteiger partial charge in [-0.1, -0.05) is 6.42 Å². The molecule has 3 aliphatic rings. The number of nitrogens with one attached hydrogen (secondary N) is 1. The number of amides is 1. The van der Waals surface area contributed by atoms with Gasteiger partial charge in [0, 0.05) is 17.0 Å². The Bertz CT molecular complexity index is 818. The largest absolute Gasteiger partial charge is 0.353 e. The van der Waals surface area contributed by atoms with Crippen molar-refractivity contribution in [3.05, 3.63) is 41.2 Å². The molecule has 0 aliphatic heterocycles. The molecule has 0 radical (unpaired) electrons. The van der Waals surface area contributed by atoms with Gasteiger partial charge in [0.2, 0.25) is 5.91 Å². The van der Waals surface area contributed by atoms with Crippen molar-refractivity contribution in [2.45, 2.75) is 44.6 Å². The van der Waals surface area contributed by atoms with Crippen LogP contribution in [0, 0.1) is 29.5 Å². The third-order valence-corrected chi connectivity index (χ3v) is 7.70. The molecule has 0 unspecified atom stereocenters. The molecule has 1 N–H and O–H groups in total. The van der Waals surface area contributed by atoms with E-state index in [1.807, 2.05) is 5.38 Å². The van der Waals surface area contributed by atoms with Crippen LogP contribution in [0.25, 0.3) is 10.6 Å². The molecule has 26 heavy (non-hydrogen) atoms. The van der Waals surface area contributed by atoms with E-state index in [0.717, 1.165) is 34.0 Å². The third-order valence-electron chi connectivity index (χ3n) is 6.76. The van der Waals surface area contributed by atoms with E-state index in [1.54, 1.807) is 12.1 Å². The molecule has 0 saturated heterocycles. The molecule has 5 atom stereocenters. The summed E-state index contributed by atoms with van der Waals surface area (Å²) in [5, 5.41) is 6.08. The van der Waals surface area contributed by atoms with Gasteiger partial charge < -0.3 is 5.32 Å². The first-order valence-corrected chi connectivity index (χ1v) is 10.5. The van der Waals surface area contributed by atoms with Crippen LogP contribution in [0.4, 0.5) is 4.39 Å². The molecule has 3 nitrogen and oxygen atoms in total. The van der Waals surface area contributed by atoms with Crippen molar-refractivity contribution in [1.82, 2.24) is 10.3 Å². The van der Waals surface area contributed by atoms with Crippen LogP contribution in [-0.2, 0) is 11.2 Å². The zero-order valence-electron chi connectivity index (χ0n) is 14.7. The molecule has 1 heterocycles. The van der Waals surface area contributed by atoms with Crippen molar-refractivity contribution in [3.63, 3.8) is 0 Å². The molecule has 1 amide bonds. The fraction of sp³-hybridized carbons (Fsp3) is 0.524. The van der Waals surface area contributed by atoms with Gasteiger partial charge in [0.05, 0.1) is 12.1 Å². The van der Waals surface area contributed by atoms with E-state index in [9.17, 15) is 9.18 Å². The van der Waals surface area contributed by atoms with Crippen LogP contribution in [0.15, 0.2) is 29.6 Å². The summed E-state index contributed by atoms with van der Waals surface area (Å²) in [5.41, 5.74) is 1.69. The lowest BCUT2D eigenvalue weighted by Gasteiger charge is -2.32. The lowest BCUT2D eigenvalue weighted by molar-refractivity contribution is -0.121. The van der Waals surface area contributed by atoms with Crippen LogP contribution in [0.2, 0.25) is 0 Å². The Morgan fingerprint density at radius 3 is 2.81 bits per heavy atom. The summed E-state index contributed by atoms with van der Waals surface area (Å²) in [7, 11) is 0. The first-order valence-electron chi connectivity index (χ1n) is 9.67. The second kappa shape index (κ2) is 6.45. The molecule has 5 heteroatoms. The molecule has 2 bridgehead atoms. The molecule has 3 aliphatic carbocycles. The Morgan fingerprint density at radius 2 is 1.96 bits per heavy atom. The molecule has 0 spiro atoms. The molecular formula is C21H23FN2OS. The minimum absolute atomic E-state index is 0.0908. The molecule has 1 aromatic heterocycles. The number of carbonyl (C=O) groups is 1. The Kier molecular flexibility index (Phi) is 4.07. The molecular weight excluding hydrogens is 347 g/mol. The average molecular weight is 370 g/mol. The maximum absolute atomic E-state index is 13.0. The average Bonchev–Trinajstić information content (AvgIpc) is 3.37. The smallest absolute Gasteiger partial charge is 0.226 e. The predicted molar refractivity (Wildman–Crippen MR) is 100 cm³/mol. The van der Waals surface area contributed by atoms with Gasteiger partial charge in [-0.05, 0) is 73.6 Å². The zero-order chi connectivity index (χ0) is 17.7. The van der Waals surface area contributed by atoms with Crippen molar-refractivity contribution in [2.24, 2.45) is 23.7 Å². The standard InChI is InChI=1S/C21H23FN2OS/c22-14-6-4-12(5-7-14)21-23-15(11-26-21)10-20(25)24-19-9-13-8-18(19)17-3-1-2-16(13)17/h4-7,11,13,16-19H,1-3,8-10H2,(H,24,25)/t13-,16+,17+,18+,19-/m1/s1. The lowest BCUT2D eigenvalue weighted by Crippen LogP contribution is -2.43. The fourth-order valence-corrected chi connectivity index (χ4v) is 6.60. The van der Waals surface area contributed by atoms with Crippen molar-refractivity contribution >= 4 is 17.2 Å². The second-order valence-corrected chi connectivity index (χ2v) is 9.01. The summed E-state index contributed by atoms with van der Waals surface area (Å²) < 4.78 is 13.0. The highest BCUT2D eigenvalue weighted by atomic mass is 32.1. The highest BCUT2D eigenvalue weighted by molar-refractivity contribution is 7.13. The van der Waals surface area contributed by atoms with Gasteiger partial charge in [0.15, 0.2) is 0 Å². The maximum atomic E-state index is 13.0. The van der Waals surface area contributed by atoms with E-state index >= 15 is 0 Å². The molecule has 5 rings (SSSR count). The Morgan fingerprint density at radius 1 is 1.15 bits per heavy atom. The van der Waals surface area contributed by atoms with Crippen LogP contribution >= 0.6 is 11.3 Å². The molecule has 3 fully saturated rings. The van der Waals surface area contributed by atoms with Crippen molar-refractivity contribution in [1.29, 1.82) is 0 Å². The van der Waals surface area contributed by atoms with E-state index < -0.39 is 0 Å². The van der Waals surface area contributed by atoms with E-state index in [0.29, 0.717) is 18.4 Å². The van der Waals surface area contributed by atoms with Crippen molar-refractivity contribution < 1.29 is 9.18 Å². The van der Waals surface area contributed by atoms with Crippen molar-refractivity contribution in [2.75, 3.05) is 0 Å². The Balaban J connectivity index is 1.21. The molecule has 2 aromatic rings. The zero-order valence-corrected chi connectivity index (χ0v) is 15.5. The number of carbonyl (C=O) groups excluding carboxylic acids is 1. The minimum atomic E-state index is -0.250. The normalized spacial score (nSPS) is 32.0. The van der Waals surface area contributed by atoms with Gasteiger partial charge in [-0.25, -0.2) is 9.37 Å². The lowest BCUT2D eigenvalue weighted by atomic mass is 9.79. The van der Waals surface area contributed by atoms with Crippen molar-refractivity contribution in [3.8, 4) is 10.6 Å². The minimum Gasteiger partial charge on any atom is -0.353 e. The summed E-state index contributed by atoms with van der Waals surface area (Å²) in [6.45, 7) is 0. The number of thiazole rings is 1. The molecule has 136 valence electrons. The van der Waals surface area contributed by atoms with Crippen LogP contribution < -0.4 is 5.32 Å². The van der Waals surface area contributed by atoms with Gasteiger partial charge in [0.25, 0.3) is 0 Å². The number of hydrogen-bond donors (Lipinski definition) is 1. The van der Waals surface area contributed by atoms with Crippen LogP contribution in [-0.4, -0.2) is 16.9 Å². The first-order chi connectivity index (χ1) is 12.7. The first kappa shape index (κ1) is 16.4. The summed E-state index contributed by atoms with van der Waals surface area (Å²) in [4.78, 5) is 17.1. The highest BCUT2D eigenvalue weighted by Crippen LogP contribution is 2.58. The van der Waals surface area contributed by atoms with Crippen LogP contribution in [0.1, 0.15) is 37.8 Å². The van der Waals surface area contributed by atoms with E-state index in [4.69, 9.17) is 0 Å². The molecule has 1 aromatic carbocycles. The highest BCUT2D eigenvalue weighted by Gasteiger charge is 2.53. The SMILES string of the molecule is O=C(Cc1csc(-c2ccc(F)cc2)n1)N[C@@H]1C[C@H]2C[C@H]1[C@H]1CCC[C@@H]21. The number of aromatic nitrogens is 1. The topological polar surface area (TPSA) is 42.0 Å². The number of benzene rings is 1. The number of halogens is 1. The number of nitrogens with zero attached hydrogens (tertiary/aromatic N) is 1. The number of rotatable bonds is 4. The number of fused-ring (bicyclic) bond motifs is 5. The Labute approximate surface area is 157 Å². The van der Waals surface area contributed by atoms with Gasteiger partial charge in [-0.15, -0.1) is 11.3 Å². The third kappa shape index (κ3) is 2.86. The summed E-state index contributed by atoms with van der Waals surface area (Å²) in [5.74, 6) is 3.21. The van der Waals surface area contributed by atoms with Crippen LogP contribution in [0.5, 0.6) is 0 Å². The van der Waals surface area contributed by atoms with Gasteiger partial charge in [0.1, 0.15) is 10.8 Å². The van der Waals surface area contributed by atoms with E-state index in [1.165, 1.54) is 55.6 Å². The van der Waals surface area contributed by atoms with Gasteiger partial charge in [-0.2, -0.15) is 0 Å². The van der Waals surface area contributed by atoms with E-state index in [2.05, 4.69) is 10.3 Å². The quantitative estimate of drug-likeness (QED) is 0.865. The second-order valence-electron chi connectivity index (χ2n) is 8.16. The summed E-state index contributed by atoms with van der Waals surface area (Å²) >= 11 is 1.50. The number of hydrogen-bond acceptors (Lipinski definition) is 3. The van der Waals surface area contributed by atoms with E-state index in [-0.39, 0.29) is 11.7 Å². The van der Waals surface area contributed by atoms with Gasteiger partial charge >= 0.3 is 0 Å². The summed E-state index contributed by atoms with van der Waals surface area (Å²) in [6.07, 6.45) is 7.00. The maximum Gasteiger partial charge on any atom is 0.226 e. The Hall–Kier alpha value is -1.75. The predicted octanol–water partition coefficient (Wildman–Crippen LogP) is 4.43. The van der Waals surface area contributed by atoms with Crippen LogP contribution in [0.3, 0.4) is 0 Å².